The van der Waals surface area contributed by atoms with E-state index in [4.69, 9.17) is 16.3 Å². The molecule has 0 aromatic carbocycles. The van der Waals surface area contributed by atoms with Gasteiger partial charge in [-0.3, -0.25) is 0 Å². The first-order valence-corrected chi connectivity index (χ1v) is 7.82. The first kappa shape index (κ1) is 16.8. The highest BCUT2D eigenvalue weighted by Gasteiger charge is 2.33. The van der Waals surface area contributed by atoms with Gasteiger partial charge < -0.3 is 14.5 Å². The Morgan fingerprint density at radius 3 is 2.68 bits per heavy atom. The van der Waals surface area contributed by atoms with Crippen LogP contribution in [0.15, 0.2) is 12.4 Å². The summed E-state index contributed by atoms with van der Waals surface area (Å²) in [5.74, 6) is 0.598. The van der Waals surface area contributed by atoms with E-state index in [1.54, 1.807) is 17.3 Å². The Morgan fingerprint density at radius 2 is 2.09 bits per heavy atom. The first-order valence-electron chi connectivity index (χ1n) is 7.44. The summed E-state index contributed by atoms with van der Waals surface area (Å²) >= 11 is 5.80. The lowest BCUT2D eigenvalue weighted by Gasteiger charge is -2.30. The lowest BCUT2D eigenvalue weighted by atomic mass is 10.2. The quantitative estimate of drug-likeness (QED) is 0.854. The van der Waals surface area contributed by atoms with E-state index in [9.17, 15) is 4.79 Å². The molecular formula is C15H23ClN4O2. The van der Waals surface area contributed by atoms with Crippen LogP contribution >= 0.6 is 11.6 Å². The van der Waals surface area contributed by atoms with Gasteiger partial charge >= 0.3 is 6.09 Å². The number of halogens is 1. The molecule has 22 heavy (non-hydrogen) atoms. The maximum Gasteiger partial charge on any atom is 0.410 e. The molecule has 0 N–H and O–H groups in total. The predicted molar refractivity (Wildman–Crippen MR) is 86.3 cm³/mol. The third kappa shape index (κ3) is 4.47. The molecule has 1 saturated heterocycles. The number of hydrogen-bond donors (Lipinski definition) is 0. The zero-order chi connectivity index (χ0) is 16.3. The highest BCUT2D eigenvalue weighted by Crippen LogP contribution is 2.22. The summed E-state index contributed by atoms with van der Waals surface area (Å²) in [6.45, 7) is 7.03. The van der Waals surface area contributed by atoms with Crippen LogP contribution in [0.5, 0.6) is 0 Å². The van der Waals surface area contributed by atoms with Crippen molar-refractivity contribution in [1.29, 1.82) is 0 Å². The van der Waals surface area contributed by atoms with Crippen LogP contribution in [0.25, 0.3) is 0 Å². The number of hydrogen-bond acceptors (Lipinski definition) is 5. The van der Waals surface area contributed by atoms with Gasteiger partial charge in [0.15, 0.2) is 0 Å². The minimum atomic E-state index is -0.477. The second-order valence-corrected chi connectivity index (χ2v) is 6.99. The molecule has 6 nitrogen and oxygen atoms in total. The molecule has 0 aliphatic carbocycles. The molecule has 1 aromatic rings. The van der Waals surface area contributed by atoms with Gasteiger partial charge in [-0.2, -0.15) is 0 Å². The lowest BCUT2D eigenvalue weighted by Crippen LogP contribution is -2.44. The van der Waals surface area contributed by atoms with Crippen molar-refractivity contribution < 1.29 is 9.53 Å². The van der Waals surface area contributed by atoms with Crippen molar-refractivity contribution in [2.75, 3.05) is 25.0 Å². The summed E-state index contributed by atoms with van der Waals surface area (Å²) in [6.07, 6.45) is 4.83. The van der Waals surface area contributed by atoms with E-state index in [1.807, 2.05) is 32.7 Å². The minimum Gasteiger partial charge on any atom is -0.444 e. The van der Waals surface area contributed by atoms with E-state index >= 15 is 0 Å². The van der Waals surface area contributed by atoms with Crippen molar-refractivity contribution in [2.24, 2.45) is 0 Å². The molecule has 1 aliphatic heterocycles. The Hall–Kier alpha value is -1.56. The van der Waals surface area contributed by atoms with Gasteiger partial charge in [0.1, 0.15) is 5.60 Å². The molecule has 0 radical (unpaired) electrons. The number of anilines is 1. The normalized spacial score (nSPS) is 18.4. The van der Waals surface area contributed by atoms with Crippen LogP contribution in [0.4, 0.5) is 10.7 Å². The van der Waals surface area contributed by atoms with Crippen molar-refractivity contribution in [3.63, 3.8) is 0 Å². The monoisotopic (exact) mass is 326 g/mol. The Bertz CT molecular complexity index is 515. The zero-order valence-corrected chi connectivity index (χ0v) is 14.3. The van der Waals surface area contributed by atoms with E-state index in [2.05, 4.69) is 9.97 Å². The largest absolute Gasteiger partial charge is 0.444 e. The number of likely N-dealkylation sites (N-methyl/N-ethyl adjacent to an activating group) is 1. The Balaban J connectivity index is 1.98. The summed E-state index contributed by atoms with van der Waals surface area (Å²) in [4.78, 5) is 24.4. The highest BCUT2D eigenvalue weighted by molar-refractivity contribution is 6.30. The molecule has 1 fully saturated rings. The van der Waals surface area contributed by atoms with Crippen molar-refractivity contribution in [1.82, 2.24) is 14.9 Å². The van der Waals surface area contributed by atoms with Gasteiger partial charge in [0.25, 0.3) is 0 Å². The fourth-order valence-electron chi connectivity index (χ4n) is 2.49. The van der Waals surface area contributed by atoms with Crippen molar-refractivity contribution in [3.8, 4) is 0 Å². The molecular weight excluding hydrogens is 304 g/mol. The van der Waals surface area contributed by atoms with Gasteiger partial charge in [-0.05, 0) is 33.6 Å². The first-order chi connectivity index (χ1) is 10.3. The van der Waals surface area contributed by atoms with Crippen molar-refractivity contribution in [3.05, 3.63) is 17.4 Å². The summed E-state index contributed by atoms with van der Waals surface area (Å²) < 4.78 is 5.47. The molecule has 122 valence electrons. The standard InChI is InChI=1S/C15H23ClN4O2/c1-15(2,3)22-14(21)20-7-5-6-12(20)10-19(4)13-17-8-11(16)9-18-13/h8-9,12H,5-7,10H2,1-4H3. The summed E-state index contributed by atoms with van der Waals surface area (Å²) in [7, 11) is 1.91. The number of rotatable bonds is 3. The SMILES string of the molecule is CN(CC1CCCN1C(=O)OC(C)(C)C)c1ncc(Cl)cn1. The van der Waals surface area contributed by atoms with Crippen LogP contribution in [0.2, 0.25) is 5.02 Å². The number of aromatic nitrogens is 2. The lowest BCUT2D eigenvalue weighted by molar-refractivity contribution is 0.0231. The Labute approximate surface area is 136 Å². The average Bonchev–Trinajstić information content (AvgIpc) is 2.85. The summed E-state index contributed by atoms with van der Waals surface area (Å²) in [5, 5.41) is 0.508. The third-order valence-electron chi connectivity index (χ3n) is 3.44. The van der Waals surface area contributed by atoms with E-state index in [0.717, 1.165) is 19.4 Å². The van der Waals surface area contributed by atoms with E-state index < -0.39 is 5.60 Å². The summed E-state index contributed by atoms with van der Waals surface area (Å²) in [5.41, 5.74) is -0.477. The number of ether oxygens (including phenoxy) is 1. The topological polar surface area (TPSA) is 58.6 Å². The van der Waals surface area contributed by atoms with Crippen LogP contribution in [-0.4, -0.2) is 52.7 Å². The number of amides is 1. The summed E-state index contributed by atoms with van der Waals surface area (Å²) in [6, 6.07) is 0.110. The van der Waals surface area contributed by atoms with Crippen LogP contribution in [-0.2, 0) is 4.74 Å². The maximum absolute atomic E-state index is 12.3. The molecule has 2 heterocycles. The molecule has 1 amide bonds. The van der Waals surface area contributed by atoms with Gasteiger partial charge in [0.05, 0.1) is 23.5 Å². The Kier molecular flexibility index (Phi) is 5.11. The van der Waals surface area contributed by atoms with Crippen LogP contribution in [0.1, 0.15) is 33.6 Å². The van der Waals surface area contributed by atoms with E-state index in [-0.39, 0.29) is 12.1 Å². The molecule has 0 bridgehead atoms. The van der Waals surface area contributed by atoms with Crippen LogP contribution in [0.3, 0.4) is 0 Å². The van der Waals surface area contributed by atoms with Gasteiger partial charge in [-0.25, -0.2) is 14.8 Å². The molecule has 0 saturated carbocycles. The fourth-order valence-corrected chi connectivity index (χ4v) is 2.58. The number of carbonyl (C=O) groups is 1. The van der Waals surface area contributed by atoms with Gasteiger partial charge in [-0.15, -0.1) is 0 Å². The van der Waals surface area contributed by atoms with E-state index in [0.29, 0.717) is 17.5 Å². The van der Waals surface area contributed by atoms with Gasteiger partial charge in [0.2, 0.25) is 5.95 Å². The highest BCUT2D eigenvalue weighted by atomic mass is 35.5. The third-order valence-corrected chi connectivity index (χ3v) is 3.63. The van der Waals surface area contributed by atoms with E-state index in [1.165, 1.54) is 0 Å². The molecule has 1 aliphatic rings. The number of likely N-dealkylation sites (tertiary alicyclic amines) is 1. The van der Waals surface area contributed by atoms with Crippen LogP contribution in [0, 0.1) is 0 Å². The smallest absolute Gasteiger partial charge is 0.410 e. The molecule has 1 unspecified atom stereocenters. The second-order valence-electron chi connectivity index (χ2n) is 6.55. The molecule has 1 aromatic heterocycles. The number of nitrogens with zero attached hydrogens (tertiary/aromatic N) is 4. The fraction of sp³-hybridized carbons (Fsp3) is 0.667. The predicted octanol–water partition coefficient (Wildman–Crippen LogP) is 2.97. The molecule has 0 spiro atoms. The minimum absolute atomic E-state index is 0.110. The Morgan fingerprint density at radius 1 is 1.45 bits per heavy atom. The van der Waals surface area contributed by atoms with Gasteiger partial charge in [0, 0.05) is 20.1 Å². The molecule has 2 rings (SSSR count). The number of carbonyl (C=O) groups excluding carboxylic acids is 1. The zero-order valence-electron chi connectivity index (χ0n) is 13.5. The second kappa shape index (κ2) is 6.69. The molecule has 7 heteroatoms. The van der Waals surface area contributed by atoms with Crippen molar-refractivity contribution in [2.45, 2.75) is 45.3 Å². The maximum atomic E-state index is 12.3. The van der Waals surface area contributed by atoms with Crippen LogP contribution < -0.4 is 4.90 Å². The molecule has 1 atom stereocenters. The van der Waals surface area contributed by atoms with Gasteiger partial charge in [-0.1, -0.05) is 11.6 Å². The average molecular weight is 327 g/mol. The van der Waals surface area contributed by atoms with Crippen molar-refractivity contribution >= 4 is 23.6 Å².